The second-order valence-electron chi connectivity index (χ2n) is 4.66. The largest absolute Gasteiger partial charge is 0.269 e. The van der Waals surface area contributed by atoms with Crippen molar-refractivity contribution in [3.8, 4) is 0 Å². The summed E-state index contributed by atoms with van der Waals surface area (Å²) in [5, 5.41) is 3.94. The van der Waals surface area contributed by atoms with Crippen LogP contribution in [0.1, 0.15) is 26.4 Å². The topological polar surface area (TPSA) is 55.2 Å². The molecule has 0 unspecified atom stereocenters. The van der Waals surface area contributed by atoms with Gasteiger partial charge in [0.1, 0.15) is 6.54 Å². The van der Waals surface area contributed by atoms with Crippen molar-refractivity contribution >= 4 is 11.8 Å². The summed E-state index contributed by atoms with van der Waals surface area (Å²) in [6, 6.07) is 8.07. The number of carbonyl (C=O) groups is 2. The molecule has 2 heterocycles. The fourth-order valence-electron chi connectivity index (χ4n) is 2.28. The van der Waals surface area contributed by atoms with E-state index in [9.17, 15) is 18.4 Å². The molecule has 0 fully saturated rings. The number of hydrogen-bond acceptors (Lipinski definition) is 3. The molecule has 1 aromatic carbocycles. The van der Waals surface area contributed by atoms with E-state index >= 15 is 0 Å². The smallest absolute Gasteiger partial charge is 0.261 e. The van der Waals surface area contributed by atoms with Crippen molar-refractivity contribution in [1.82, 2.24) is 14.7 Å². The van der Waals surface area contributed by atoms with Gasteiger partial charge in [-0.2, -0.15) is 5.10 Å². The van der Waals surface area contributed by atoms with Gasteiger partial charge in [0.05, 0.1) is 23.4 Å². The molecular formula is C14H11F2N3O2. The molecule has 3 rings (SSSR count). The summed E-state index contributed by atoms with van der Waals surface area (Å²) in [6.07, 6.45) is -1.10. The van der Waals surface area contributed by atoms with Crippen LogP contribution in [0.2, 0.25) is 0 Å². The lowest BCUT2D eigenvalue weighted by Gasteiger charge is -2.11. The maximum Gasteiger partial charge on any atom is 0.261 e. The van der Waals surface area contributed by atoms with E-state index in [-0.39, 0.29) is 18.4 Å². The zero-order valence-electron chi connectivity index (χ0n) is 10.9. The van der Waals surface area contributed by atoms with Crippen molar-refractivity contribution in [3.63, 3.8) is 0 Å². The lowest BCUT2D eigenvalue weighted by atomic mass is 10.1. The minimum atomic E-state index is -2.50. The van der Waals surface area contributed by atoms with E-state index in [0.717, 1.165) is 9.58 Å². The van der Waals surface area contributed by atoms with E-state index < -0.39 is 13.0 Å². The molecule has 0 saturated heterocycles. The van der Waals surface area contributed by atoms with Gasteiger partial charge in [0.15, 0.2) is 0 Å². The number of rotatable bonds is 4. The van der Waals surface area contributed by atoms with E-state index in [4.69, 9.17) is 0 Å². The van der Waals surface area contributed by atoms with Gasteiger partial charge in [0, 0.05) is 6.20 Å². The van der Waals surface area contributed by atoms with Crippen LogP contribution in [-0.4, -0.2) is 32.9 Å². The van der Waals surface area contributed by atoms with Crippen molar-refractivity contribution in [2.24, 2.45) is 0 Å². The molecule has 1 aliphatic heterocycles. The van der Waals surface area contributed by atoms with Crippen LogP contribution in [0.5, 0.6) is 0 Å². The average Bonchev–Trinajstić information content (AvgIpc) is 2.98. The molecule has 0 atom stereocenters. The quantitative estimate of drug-likeness (QED) is 0.809. The number of amides is 2. The van der Waals surface area contributed by atoms with Gasteiger partial charge < -0.3 is 0 Å². The van der Waals surface area contributed by atoms with Gasteiger partial charge in [-0.15, -0.1) is 0 Å². The van der Waals surface area contributed by atoms with Crippen LogP contribution in [0.4, 0.5) is 8.78 Å². The van der Waals surface area contributed by atoms with Gasteiger partial charge in [0.25, 0.3) is 18.2 Å². The molecule has 0 aliphatic carbocycles. The molecule has 0 bridgehead atoms. The summed E-state index contributed by atoms with van der Waals surface area (Å²) in [5.74, 6) is -0.780. The number of fused-ring (bicyclic) bond motifs is 1. The molecule has 5 nitrogen and oxygen atoms in total. The summed E-state index contributed by atoms with van der Waals surface area (Å²) in [5.41, 5.74) is 1.11. The third-order valence-corrected chi connectivity index (χ3v) is 3.22. The number of hydrogen-bond donors (Lipinski definition) is 0. The van der Waals surface area contributed by atoms with Gasteiger partial charge in [-0.1, -0.05) is 12.1 Å². The van der Waals surface area contributed by atoms with Crippen LogP contribution in [0.3, 0.4) is 0 Å². The first-order chi connectivity index (χ1) is 10.1. The van der Waals surface area contributed by atoms with Gasteiger partial charge in [0.2, 0.25) is 0 Å². The number of benzene rings is 1. The number of carbonyl (C=O) groups excluding carboxylic acids is 2. The normalized spacial score (nSPS) is 14.1. The lowest BCUT2D eigenvalue weighted by molar-refractivity contribution is 0.0639. The van der Waals surface area contributed by atoms with Crippen LogP contribution < -0.4 is 0 Å². The Morgan fingerprint density at radius 1 is 1.05 bits per heavy atom. The molecule has 2 aromatic rings. The monoisotopic (exact) mass is 291 g/mol. The van der Waals surface area contributed by atoms with Crippen molar-refractivity contribution in [3.05, 3.63) is 53.3 Å². The molecule has 1 aromatic heterocycles. The highest BCUT2D eigenvalue weighted by Gasteiger charge is 2.35. The number of aromatic nitrogens is 2. The van der Waals surface area contributed by atoms with E-state index in [1.165, 1.54) is 12.3 Å². The molecule has 0 radical (unpaired) electrons. The maximum absolute atomic E-state index is 12.3. The van der Waals surface area contributed by atoms with Crippen molar-refractivity contribution in [2.45, 2.75) is 19.5 Å². The van der Waals surface area contributed by atoms with E-state index in [1.54, 1.807) is 24.3 Å². The summed E-state index contributed by atoms with van der Waals surface area (Å²) in [4.78, 5) is 25.4. The van der Waals surface area contributed by atoms with E-state index in [2.05, 4.69) is 5.10 Å². The Bertz CT molecular complexity index is 677. The van der Waals surface area contributed by atoms with Gasteiger partial charge in [-0.05, 0) is 18.2 Å². The fourth-order valence-corrected chi connectivity index (χ4v) is 2.28. The first-order valence-electron chi connectivity index (χ1n) is 6.32. The number of halogens is 2. The molecule has 108 valence electrons. The van der Waals surface area contributed by atoms with E-state index in [0.29, 0.717) is 16.8 Å². The number of imide groups is 1. The predicted octanol–water partition coefficient (Wildman–Crippen LogP) is 1.94. The zero-order chi connectivity index (χ0) is 15.0. The Kier molecular flexibility index (Phi) is 3.25. The predicted molar refractivity (Wildman–Crippen MR) is 68.9 cm³/mol. The Labute approximate surface area is 118 Å². The second-order valence-corrected chi connectivity index (χ2v) is 4.66. The molecule has 21 heavy (non-hydrogen) atoms. The average molecular weight is 291 g/mol. The minimum Gasteiger partial charge on any atom is -0.269 e. The van der Waals surface area contributed by atoms with Crippen molar-refractivity contribution in [2.75, 3.05) is 0 Å². The molecule has 7 heteroatoms. The highest BCUT2D eigenvalue weighted by molar-refractivity contribution is 6.21. The van der Waals surface area contributed by atoms with Gasteiger partial charge in [-0.3, -0.25) is 19.2 Å². The Hall–Kier alpha value is -2.57. The summed E-state index contributed by atoms with van der Waals surface area (Å²) in [6.45, 7) is -0.537. The van der Waals surface area contributed by atoms with Crippen LogP contribution in [0.15, 0.2) is 36.5 Å². The van der Waals surface area contributed by atoms with E-state index in [1.807, 2.05) is 0 Å². The Morgan fingerprint density at radius 3 is 2.24 bits per heavy atom. The van der Waals surface area contributed by atoms with Crippen LogP contribution >= 0.6 is 0 Å². The third kappa shape index (κ3) is 2.42. The molecule has 0 N–H and O–H groups in total. The third-order valence-electron chi connectivity index (χ3n) is 3.22. The second kappa shape index (κ2) is 5.08. The lowest BCUT2D eigenvalue weighted by Crippen LogP contribution is -2.29. The standard InChI is InChI=1S/C14H11F2N3O2/c15-12(16)8-18-6-5-9(17-18)7-19-13(20)10-3-1-2-4-11(10)14(19)21/h1-6,12H,7-8H2. The Morgan fingerprint density at radius 2 is 1.67 bits per heavy atom. The maximum atomic E-state index is 12.3. The fraction of sp³-hybridized carbons (Fsp3) is 0.214. The van der Waals surface area contributed by atoms with Crippen molar-refractivity contribution < 1.29 is 18.4 Å². The van der Waals surface area contributed by atoms with Crippen molar-refractivity contribution in [1.29, 1.82) is 0 Å². The van der Waals surface area contributed by atoms with Crippen LogP contribution in [0, 0.1) is 0 Å². The minimum absolute atomic E-state index is 0.0252. The Balaban J connectivity index is 1.79. The SMILES string of the molecule is O=C1c2ccccc2C(=O)N1Cc1ccn(CC(F)F)n1. The van der Waals surface area contributed by atoms with Gasteiger partial charge >= 0.3 is 0 Å². The molecule has 1 aliphatic rings. The summed E-state index contributed by atoms with van der Waals surface area (Å²) < 4.78 is 25.6. The summed E-state index contributed by atoms with van der Waals surface area (Å²) >= 11 is 0. The summed E-state index contributed by atoms with van der Waals surface area (Å²) in [7, 11) is 0. The van der Waals surface area contributed by atoms with Gasteiger partial charge in [-0.25, -0.2) is 8.78 Å². The molecule has 2 amide bonds. The first-order valence-corrected chi connectivity index (χ1v) is 6.32. The highest BCUT2D eigenvalue weighted by Crippen LogP contribution is 2.23. The van der Waals surface area contributed by atoms with Crippen LogP contribution in [-0.2, 0) is 13.1 Å². The van der Waals surface area contributed by atoms with Crippen LogP contribution in [0.25, 0.3) is 0 Å². The molecular weight excluding hydrogens is 280 g/mol. The zero-order valence-corrected chi connectivity index (χ0v) is 10.9. The highest BCUT2D eigenvalue weighted by atomic mass is 19.3. The number of nitrogens with zero attached hydrogens (tertiary/aromatic N) is 3. The molecule has 0 saturated carbocycles. The molecule has 0 spiro atoms. The number of alkyl halides is 2. The first kappa shape index (κ1) is 13.4.